The van der Waals surface area contributed by atoms with Crippen LogP contribution in [0.2, 0.25) is 0 Å². The number of ether oxygens (including phenoxy) is 1. The van der Waals surface area contributed by atoms with Gasteiger partial charge in [0.15, 0.2) is 0 Å². The number of nitrogens with one attached hydrogen (secondary N) is 1. The number of para-hydroxylation sites is 2. The highest BCUT2D eigenvalue weighted by Gasteiger charge is 2.28. The van der Waals surface area contributed by atoms with E-state index in [9.17, 15) is 4.79 Å². The van der Waals surface area contributed by atoms with Gasteiger partial charge in [0.25, 0.3) is 0 Å². The van der Waals surface area contributed by atoms with Gasteiger partial charge in [-0.25, -0.2) is 9.97 Å². The van der Waals surface area contributed by atoms with E-state index in [0.29, 0.717) is 6.61 Å². The lowest BCUT2D eigenvalue weighted by Crippen LogP contribution is -2.38. The Bertz CT molecular complexity index is 1120. The van der Waals surface area contributed by atoms with Crippen molar-refractivity contribution in [2.45, 2.75) is 40.5 Å². The predicted molar refractivity (Wildman–Crippen MR) is 140 cm³/mol. The summed E-state index contributed by atoms with van der Waals surface area (Å²) in [6.45, 7) is 13.7. The van der Waals surface area contributed by atoms with Gasteiger partial charge >= 0.3 is 0 Å². The molecule has 1 fully saturated rings. The van der Waals surface area contributed by atoms with Crippen molar-refractivity contribution in [1.82, 2.24) is 14.9 Å². The van der Waals surface area contributed by atoms with Gasteiger partial charge < -0.3 is 19.9 Å². The molecule has 1 amide bonds. The fourth-order valence-corrected chi connectivity index (χ4v) is 5.50. The minimum Gasteiger partial charge on any atom is -0.490 e. The highest BCUT2D eigenvalue weighted by Crippen LogP contribution is 2.36. The fraction of sp³-hybridized carbons (Fsp3) is 0.500. The summed E-state index contributed by atoms with van der Waals surface area (Å²) < 4.78 is 6.01. The van der Waals surface area contributed by atoms with Gasteiger partial charge in [0.2, 0.25) is 5.91 Å². The molecule has 1 saturated heterocycles. The van der Waals surface area contributed by atoms with Crippen LogP contribution in [0.3, 0.4) is 0 Å². The molecule has 0 aliphatic carbocycles. The second kappa shape index (κ2) is 11.1. The number of carbonyl (C=O) groups excluding carboxylic acids is 1. The quantitative estimate of drug-likeness (QED) is 0.470. The Morgan fingerprint density at radius 1 is 1.18 bits per heavy atom. The zero-order valence-electron chi connectivity index (χ0n) is 20.6. The number of hydrogen-bond donors (Lipinski definition) is 1. The maximum Gasteiger partial charge on any atom is 0.227 e. The van der Waals surface area contributed by atoms with E-state index in [-0.39, 0.29) is 11.8 Å². The predicted octanol–water partition coefficient (Wildman–Crippen LogP) is 4.88. The average molecular weight is 482 g/mol. The van der Waals surface area contributed by atoms with Crippen molar-refractivity contribution in [2.24, 2.45) is 5.92 Å². The number of rotatable bonds is 9. The zero-order chi connectivity index (χ0) is 24.1. The summed E-state index contributed by atoms with van der Waals surface area (Å²) in [6.07, 6.45) is 3.25. The molecule has 0 radical (unpaired) electrons. The summed E-state index contributed by atoms with van der Waals surface area (Å²) in [7, 11) is 0. The molecule has 1 aliphatic heterocycles. The third-order valence-electron chi connectivity index (χ3n) is 6.82. The van der Waals surface area contributed by atoms with Crippen LogP contribution in [0.1, 0.15) is 37.1 Å². The van der Waals surface area contributed by atoms with E-state index in [4.69, 9.17) is 4.74 Å². The number of nitrogens with zero attached hydrogens (tertiary/aromatic N) is 4. The van der Waals surface area contributed by atoms with Crippen LogP contribution in [0.4, 0.5) is 11.5 Å². The van der Waals surface area contributed by atoms with Gasteiger partial charge in [0.05, 0.1) is 11.1 Å². The summed E-state index contributed by atoms with van der Waals surface area (Å²) in [6, 6.07) is 7.71. The Balaban J connectivity index is 1.36. The molecule has 0 unspecified atom stereocenters. The molecule has 0 atom stereocenters. The lowest BCUT2D eigenvalue weighted by Gasteiger charge is -2.32. The average Bonchev–Trinajstić information content (AvgIpc) is 3.16. The molecule has 0 bridgehead atoms. The normalized spacial score (nSPS) is 14.7. The maximum absolute atomic E-state index is 13.1. The Morgan fingerprint density at radius 3 is 2.65 bits per heavy atom. The van der Waals surface area contributed by atoms with Gasteiger partial charge in [-0.2, -0.15) is 0 Å². The summed E-state index contributed by atoms with van der Waals surface area (Å²) in [5, 5.41) is 4.28. The van der Waals surface area contributed by atoms with Crippen molar-refractivity contribution < 1.29 is 9.53 Å². The van der Waals surface area contributed by atoms with Crippen LogP contribution in [0.15, 0.2) is 30.6 Å². The minimum absolute atomic E-state index is 0.0254. The van der Waals surface area contributed by atoms with Crippen LogP contribution in [0.25, 0.3) is 10.2 Å². The van der Waals surface area contributed by atoms with Crippen LogP contribution in [0, 0.1) is 19.8 Å². The molecule has 7 nitrogen and oxygen atoms in total. The number of amides is 1. The van der Waals surface area contributed by atoms with Gasteiger partial charge in [-0.05, 0) is 57.5 Å². The van der Waals surface area contributed by atoms with Gasteiger partial charge in [0, 0.05) is 30.4 Å². The van der Waals surface area contributed by atoms with Gasteiger partial charge in [-0.3, -0.25) is 4.79 Å². The van der Waals surface area contributed by atoms with Crippen molar-refractivity contribution in [2.75, 3.05) is 49.5 Å². The maximum atomic E-state index is 13.1. The number of carbonyl (C=O) groups is 1. The van der Waals surface area contributed by atoms with Crippen molar-refractivity contribution in [3.63, 3.8) is 0 Å². The molecule has 2 aromatic heterocycles. The molecule has 182 valence electrons. The van der Waals surface area contributed by atoms with Gasteiger partial charge in [-0.15, -0.1) is 11.3 Å². The van der Waals surface area contributed by atoms with Crippen LogP contribution < -0.4 is 15.0 Å². The lowest BCUT2D eigenvalue weighted by atomic mass is 9.95. The highest BCUT2D eigenvalue weighted by atomic mass is 32.1. The molecule has 34 heavy (non-hydrogen) atoms. The van der Waals surface area contributed by atoms with Gasteiger partial charge in [0.1, 0.15) is 29.3 Å². The van der Waals surface area contributed by atoms with E-state index >= 15 is 0 Å². The summed E-state index contributed by atoms with van der Waals surface area (Å²) in [5.74, 6) is 1.77. The van der Waals surface area contributed by atoms with Crippen molar-refractivity contribution >= 4 is 39.0 Å². The first kappa shape index (κ1) is 24.4. The van der Waals surface area contributed by atoms with Crippen LogP contribution >= 0.6 is 11.3 Å². The fourth-order valence-electron chi connectivity index (χ4n) is 4.51. The first-order chi connectivity index (χ1) is 16.5. The number of aromatic nitrogens is 2. The smallest absolute Gasteiger partial charge is 0.227 e. The molecule has 0 spiro atoms. The number of piperidine rings is 1. The summed E-state index contributed by atoms with van der Waals surface area (Å²) in [5.41, 5.74) is 2.00. The van der Waals surface area contributed by atoms with Crippen LogP contribution in [-0.4, -0.2) is 60.1 Å². The lowest BCUT2D eigenvalue weighted by molar-refractivity contribution is -0.120. The third kappa shape index (κ3) is 5.33. The molecule has 1 aliphatic rings. The topological polar surface area (TPSA) is 70.6 Å². The van der Waals surface area contributed by atoms with E-state index in [2.05, 4.69) is 52.8 Å². The molecule has 8 heteroatoms. The highest BCUT2D eigenvalue weighted by molar-refractivity contribution is 7.18. The monoisotopic (exact) mass is 481 g/mol. The number of thiophene rings is 1. The van der Waals surface area contributed by atoms with E-state index in [0.717, 1.165) is 73.0 Å². The molecule has 1 aromatic carbocycles. The number of benzene rings is 1. The Labute approximate surface area is 206 Å². The number of aryl methyl sites for hydroxylation is 2. The second-order valence-corrected chi connectivity index (χ2v) is 9.99. The molecule has 4 rings (SSSR count). The first-order valence-corrected chi connectivity index (χ1v) is 13.0. The van der Waals surface area contributed by atoms with E-state index < -0.39 is 0 Å². The van der Waals surface area contributed by atoms with Gasteiger partial charge in [-0.1, -0.05) is 26.0 Å². The molecular weight excluding hydrogens is 446 g/mol. The largest absolute Gasteiger partial charge is 0.490 e. The van der Waals surface area contributed by atoms with E-state index in [1.54, 1.807) is 17.7 Å². The Morgan fingerprint density at radius 2 is 1.91 bits per heavy atom. The van der Waals surface area contributed by atoms with Crippen molar-refractivity contribution in [3.8, 4) is 5.75 Å². The Kier molecular flexibility index (Phi) is 8.00. The number of hydrogen-bond acceptors (Lipinski definition) is 7. The summed E-state index contributed by atoms with van der Waals surface area (Å²) in [4.78, 5) is 29.1. The SMILES string of the molecule is CCN(CC)CCOc1ccccc1NC(=O)C1CCN(c2ncnc3sc(C)c(C)c23)CC1. The molecule has 3 aromatic rings. The van der Waals surface area contributed by atoms with E-state index in [1.807, 2.05) is 24.3 Å². The number of anilines is 2. The van der Waals surface area contributed by atoms with Crippen LogP contribution in [0.5, 0.6) is 5.75 Å². The van der Waals surface area contributed by atoms with Crippen molar-refractivity contribution in [3.05, 3.63) is 41.0 Å². The first-order valence-electron chi connectivity index (χ1n) is 12.2. The third-order valence-corrected chi connectivity index (χ3v) is 7.93. The molecule has 1 N–H and O–H groups in total. The zero-order valence-corrected chi connectivity index (χ0v) is 21.5. The van der Waals surface area contributed by atoms with Crippen LogP contribution in [-0.2, 0) is 4.79 Å². The minimum atomic E-state index is -0.0254. The number of likely N-dealkylation sites (N-methyl/N-ethyl adjacent to an activating group) is 1. The molecule has 3 heterocycles. The molecule has 0 saturated carbocycles. The number of fused-ring (bicyclic) bond motifs is 1. The van der Waals surface area contributed by atoms with E-state index in [1.165, 1.54) is 10.4 Å². The summed E-state index contributed by atoms with van der Waals surface area (Å²) >= 11 is 1.72. The van der Waals surface area contributed by atoms with Crippen molar-refractivity contribution in [1.29, 1.82) is 0 Å². The second-order valence-electron chi connectivity index (χ2n) is 8.78. The standard InChI is InChI=1S/C26H35N5O2S/c1-5-30(6-2)15-16-33-22-10-8-7-9-21(22)29-25(32)20-11-13-31(14-12-20)24-23-18(3)19(4)34-26(23)28-17-27-24/h7-10,17,20H,5-6,11-16H2,1-4H3,(H,29,32). The molecular formula is C26H35N5O2S. The Hall–Kier alpha value is -2.71.